The minimum atomic E-state index is -0.285. The van der Waals surface area contributed by atoms with Gasteiger partial charge in [0.15, 0.2) is 0 Å². The molecule has 0 bridgehead atoms. The molecule has 1 N–H and O–H groups in total. The molecule has 1 heterocycles. The molecule has 80 valence electrons. The number of nitrogens with one attached hydrogen (secondary N) is 1. The lowest BCUT2D eigenvalue weighted by atomic mass is 9.72. The van der Waals surface area contributed by atoms with E-state index >= 15 is 0 Å². The predicted octanol–water partition coefficient (Wildman–Crippen LogP) is 2.88. The highest BCUT2D eigenvalue weighted by atomic mass is 16.1. The molecule has 1 aliphatic carbocycles. The fraction of sp³-hybridized carbons (Fsp3) is 0.308. The number of hydrogen-bond donors (Lipinski definition) is 1. The second-order valence-electron chi connectivity index (χ2n) is 4.37. The van der Waals surface area contributed by atoms with E-state index in [9.17, 15) is 4.79 Å². The number of benzene rings is 1. The maximum atomic E-state index is 10.5. The summed E-state index contributed by atoms with van der Waals surface area (Å²) in [5.41, 5.74) is 1.97. The van der Waals surface area contributed by atoms with Crippen molar-refractivity contribution in [3.8, 4) is 0 Å². The molecule has 1 aromatic carbocycles. The van der Waals surface area contributed by atoms with Crippen LogP contribution in [0.1, 0.15) is 24.8 Å². The number of aromatic amines is 1. The molecule has 0 aliphatic heterocycles. The van der Waals surface area contributed by atoms with Crippen LogP contribution in [-0.4, -0.2) is 11.1 Å². The molecule has 3 rings (SSSR count). The Morgan fingerprint density at radius 3 is 2.88 bits per heavy atom. The van der Waals surface area contributed by atoms with Gasteiger partial charge in [0.25, 0.3) is 0 Å². The summed E-state index contributed by atoms with van der Waals surface area (Å²) in [6, 6.07) is 8.26. The van der Waals surface area contributed by atoms with Gasteiger partial charge in [0.2, 0.25) is 6.08 Å². The van der Waals surface area contributed by atoms with Crippen molar-refractivity contribution in [1.82, 2.24) is 4.98 Å². The second-order valence-corrected chi connectivity index (χ2v) is 4.37. The Hall–Kier alpha value is -1.86. The Morgan fingerprint density at radius 2 is 2.19 bits per heavy atom. The van der Waals surface area contributed by atoms with Crippen LogP contribution in [0.4, 0.5) is 0 Å². The molecular weight excluding hydrogens is 200 g/mol. The minimum Gasteiger partial charge on any atom is -0.361 e. The number of nitrogens with zero attached hydrogens (tertiary/aromatic N) is 1. The molecule has 16 heavy (non-hydrogen) atoms. The van der Waals surface area contributed by atoms with E-state index in [2.05, 4.69) is 22.1 Å². The number of aromatic nitrogens is 1. The third kappa shape index (κ3) is 1.22. The second kappa shape index (κ2) is 3.32. The van der Waals surface area contributed by atoms with Crippen molar-refractivity contribution in [2.75, 3.05) is 0 Å². The van der Waals surface area contributed by atoms with Crippen molar-refractivity contribution in [2.24, 2.45) is 4.99 Å². The van der Waals surface area contributed by atoms with Crippen LogP contribution in [-0.2, 0) is 10.3 Å². The lowest BCUT2D eigenvalue weighted by Crippen LogP contribution is -2.31. The van der Waals surface area contributed by atoms with E-state index in [4.69, 9.17) is 0 Å². The molecule has 0 saturated heterocycles. The number of isocyanates is 1. The van der Waals surface area contributed by atoms with Crippen LogP contribution in [0.25, 0.3) is 10.9 Å². The molecule has 1 aliphatic rings. The summed E-state index contributed by atoms with van der Waals surface area (Å²) in [7, 11) is 0. The quantitative estimate of drug-likeness (QED) is 0.603. The molecule has 3 heteroatoms. The Balaban J connectivity index is 2.13. The van der Waals surface area contributed by atoms with Crippen LogP contribution in [0.15, 0.2) is 35.5 Å². The van der Waals surface area contributed by atoms with Gasteiger partial charge in [-0.1, -0.05) is 6.07 Å². The number of carbonyl (C=O) groups excluding carboxylic acids is 1. The van der Waals surface area contributed by atoms with Crippen molar-refractivity contribution in [1.29, 1.82) is 0 Å². The summed E-state index contributed by atoms with van der Waals surface area (Å²) in [5.74, 6) is 0. The first-order valence-corrected chi connectivity index (χ1v) is 5.51. The van der Waals surface area contributed by atoms with E-state index in [-0.39, 0.29) is 5.54 Å². The van der Waals surface area contributed by atoms with Gasteiger partial charge in [-0.25, -0.2) is 4.79 Å². The molecule has 3 nitrogen and oxygen atoms in total. The van der Waals surface area contributed by atoms with Crippen molar-refractivity contribution in [3.63, 3.8) is 0 Å². The van der Waals surface area contributed by atoms with Crippen LogP contribution < -0.4 is 0 Å². The lowest BCUT2D eigenvalue weighted by Gasteiger charge is -2.37. The number of fused-ring (bicyclic) bond motifs is 1. The Bertz CT molecular complexity index is 574. The third-order valence-corrected chi connectivity index (χ3v) is 3.53. The van der Waals surface area contributed by atoms with Crippen LogP contribution in [0.3, 0.4) is 0 Å². The summed E-state index contributed by atoms with van der Waals surface area (Å²) in [6.07, 6.45) is 6.69. The molecule has 0 spiro atoms. The Morgan fingerprint density at radius 1 is 1.31 bits per heavy atom. The van der Waals surface area contributed by atoms with E-state index in [1.165, 1.54) is 5.39 Å². The monoisotopic (exact) mass is 212 g/mol. The smallest absolute Gasteiger partial charge is 0.235 e. The Kier molecular flexibility index (Phi) is 1.95. The van der Waals surface area contributed by atoms with Gasteiger partial charge < -0.3 is 4.98 Å². The lowest BCUT2D eigenvalue weighted by molar-refractivity contribution is 0.256. The van der Waals surface area contributed by atoms with E-state index in [0.29, 0.717) is 0 Å². The molecule has 1 fully saturated rings. The van der Waals surface area contributed by atoms with Crippen molar-refractivity contribution in [3.05, 3.63) is 36.0 Å². The van der Waals surface area contributed by atoms with Crippen LogP contribution in [0, 0.1) is 0 Å². The third-order valence-electron chi connectivity index (χ3n) is 3.53. The highest BCUT2D eigenvalue weighted by Crippen LogP contribution is 2.45. The van der Waals surface area contributed by atoms with Crippen LogP contribution in [0.2, 0.25) is 0 Å². The SMILES string of the molecule is O=C=NC1(c2ccc3[nH]ccc3c2)CCC1. The maximum Gasteiger partial charge on any atom is 0.235 e. The maximum absolute atomic E-state index is 10.5. The molecule has 0 atom stereocenters. The zero-order valence-electron chi connectivity index (χ0n) is 8.86. The van der Waals surface area contributed by atoms with E-state index < -0.39 is 0 Å². The van der Waals surface area contributed by atoms with E-state index in [0.717, 1.165) is 30.3 Å². The first-order chi connectivity index (χ1) is 7.84. The van der Waals surface area contributed by atoms with Gasteiger partial charge in [0.1, 0.15) is 0 Å². The molecule has 0 unspecified atom stereocenters. The minimum absolute atomic E-state index is 0.285. The summed E-state index contributed by atoms with van der Waals surface area (Å²) in [4.78, 5) is 17.7. The van der Waals surface area contributed by atoms with Crippen molar-refractivity contribution in [2.45, 2.75) is 24.8 Å². The van der Waals surface area contributed by atoms with Gasteiger partial charge in [0, 0.05) is 11.7 Å². The fourth-order valence-electron chi connectivity index (χ4n) is 2.41. The summed E-state index contributed by atoms with van der Waals surface area (Å²) in [5, 5.41) is 1.17. The molecular formula is C13H12N2O. The van der Waals surface area contributed by atoms with Gasteiger partial charge in [-0.15, -0.1) is 0 Å². The van der Waals surface area contributed by atoms with Gasteiger partial charge in [-0.2, -0.15) is 4.99 Å². The number of aliphatic imine (C=N–C) groups is 1. The predicted molar refractivity (Wildman–Crippen MR) is 61.9 cm³/mol. The summed E-state index contributed by atoms with van der Waals surface area (Å²) in [6.45, 7) is 0. The zero-order chi connectivity index (χ0) is 11.0. The molecule has 2 aromatic rings. The van der Waals surface area contributed by atoms with Gasteiger partial charge in [-0.05, 0) is 48.4 Å². The largest absolute Gasteiger partial charge is 0.361 e. The number of H-pyrrole nitrogens is 1. The topological polar surface area (TPSA) is 45.2 Å². The first kappa shape index (κ1) is 9.37. The van der Waals surface area contributed by atoms with Gasteiger partial charge >= 0.3 is 0 Å². The highest BCUT2D eigenvalue weighted by Gasteiger charge is 2.38. The molecule has 1 saturated carbocycles. The van der Waals surface area contributed by atoms with Crippen molar-refractivity contribution < 1.29 is 4.79 Å². The molecule has 0 amide bonds. The first-order valence-electron chi connectivity index (χ1n) is 5.51. The summed E-state index contributed by atoms with van der Waals surface area (Å²) >= 11 is 0. The standard InChI is InChI=1S/C13H12N2O/c16-9-15-13(5-1-6-13)11-2-3-12-10(8-11)4-7-14-12/h2-4,7-8,14H,1,5-6H2. The van der Waals surface area contributed by atoms with E-state index in [1.54, 1.807) is 6.08 Å². The van der Waals surface area contributed by atoms with E-state index in [1.807, 2.05) is 18.3 Å². The number of rotatable bonds is 2. The fourth-order valence-corrected chi connectivity index (χ4v) is 2.41. The Labute approximate surface area is 93.2 Å². The average molecular weight is 212 g/mol. The highest BCUT2D eigenvalue weighted by molar-refractivity contribution is 5.80. The van der Waals surface area contributed by atoms with Crippen LogP contribution >= 0.6 is 0 Å². The summed E-state index contributed by atoms with van der Waals surface area (Å²) < 4.78 is 0. The van der Waals surface area contributed by atoms with Crippen LogP contribution in [0.5, 0.6) is 0 Å². The molecule has 0 radical (unpaired) electrons. The number of hydrogen-bond acceptors (Lipinski definition) is 2. The zero-order valence-corrected chi connectivity index (χ0v) is 8.86. The van der Waals surface area contributed by atoms with Crippen molar-refractivity contribution >= 4 is 17.0 Å². The average Bonchev–Trinajstić information content (AvgIpc) is 2.70. The molecule has 1 aromatic heterocycles. The van der Waals surface area contributed by atoms with Gasteiger partial charge in [-0.3, -0.25) is 0 Å². The van der Waals surface area contributed by atoms with Gasteiger partial charge in [0.05, 0.1) is 5.54 Å². The normalized spacial score (nSPS) is 17.8.